The fourth-order valence-electron chi connectivity index (χ4n) is 2.88. The van der Waals surface area contributed by atoms with E-state index in [-0.39, 0.29) is 17.9 Å². The van der Waals surface area contributed by atoms with Gasteiger partial charge in [0.1, 0.15) is 5.75 Å². The van der Waals surface area contributed by atoms with Crippen LogP contribution in [0.25, 0.3) is 0 Å². The van der Waals surface area contributed by atoms with Gasteiger partial charge >= 0.3 is 6.03 Å². The van der Waals surface area contributed by atoms with E-state index >= 15 is 0 Å². The number of hydrogen-bond acceptors (Lipinski definition) is 3. The third-order valence-electron chi connectivity index (χ3n) is 4.49. The molecule has 1 saturated heterocycles. The average Bonchev–Trinajstić information content (AvgIpc) is 3.41. The summed E-state index contributed by atoms with van der Waals surface area (Å²) in [6, 6.07) is 7.79. The largest absolute Gasteiger partial charge is 0.494 e. The predicted molar refractivity (Wildman–Crippen MR) is 92.1 cm³/mol. The van der Waals surface area contributed by atoms with Crippen LogP contribution in [0.2, 0.25) is 0 Å². The number of nitrogens with one attached hydrogen (secondary N) is 2. The number of piperidine rings is 1. The first-order chi connectivity index (χ1) is 11.7. The highest BCUT2D eigenvalue weighted by molar-refractivity contribution is 5.92. The lowest BCUT2D eigenvalue weighted by Gasteiger charge is -2.31. The molecule has 0 radical (unpaired) electrons. The summed E-state index contributed by atoms with van der Waals surface area (Å²) in [6.45, 7) is 3.84. The number of carbonyl (C=O) groups is 2. The van der Waals surface area contributed by atoms with Crippen molar-refractivity contribution in [3.05, 3.63) is 24.3 Å². The van der Waals surface area contributed by atoms with Gasteiger partial charge in [-0.15, -0.1) is 0 Å². The number of ether oxygens (including phenoxy) is 1. The first kappa shape index (κ1) is 16.6. The summed E-state index contributed by atoms with van der Waals surface area (Å²) in [7, 11) is 0. The van der Waals surface area contributed by atoms with E-state index in [0.29, 0.717) is 38.6 Å². The second kappa shape index (κ2) is 7.55. The molecular weight excluding hydrogens is 306 g/mol. The Morgan fingerprint density at radius 3 is 2.38 bits per heavy atom. The van der Waals surface area contributed by atoms with Crippen molar-refractivity contribution in [3.63, 3.8) is 0 Å². The van der Waals surface area contributed by atoms with E-state index in [1.807, 2.05) is 36.1 Å². The maximum atomic E-state index is 12.4. The maximum absolute atomic E-state index is 12.4. The summed E-state index contributed by atoms with van der Waals surface area (Å²) in [5.41, 5.74) is 0.775. The van der Waals surface area contributed by atoms with Gasteiger partial charge in [0, 0.05) is 30.7 Å². The molecule has 6 heteroatoms. The van der Waals surface area contributed by atoms with E-state index in [1.54, 1.807) is 0 Å². The van der Waals surface area contributed by atoms with Crippen LogP contribution >= 0.6 is 0 Å². The number of urea groups is 1. The Bertz CT molecular complexity index is 576. The lowest BCUT2D eigenvalue weighted by atomic mass is 9.96. The van der Waals surface area contributed by atoms with Crippen LogP contribution < -0.4 is 15.4 Å². The minimum absolute atomic E-state index is 0.0165. The van der Waals surface area contributed by atoms with Gasteiger partial charge in [-0.25, -0.2) is 4.79 Å². The highest BCUT2D eigenvalue weighted by Crippen LogP contribution is 2.23. The molecule has 6 nitrogen and oxygen atoms in total. The highest BCUT2D eigenvalue weighted by Gasteiger charge is 2.30. The first-order valence-corrected chi connectivity index (χ1v) is 8.75. The fraction of sp³-hybridized carbons (Fsp3) is 0.556. The zero-order valence-electron chi connectivity index (χ0n) is 14.1. The summed E-state index contributed by atoms with van der Waals surface area (Å²) >= 11 is 0. The monoisotopic (exact) mass is 331 g/mol. The molecular formula is C18H25N3O3. The summed E-state index contributed by atoms with van der Waals surface area (Å²) in [4.78, 5) is 26.2. The van der Waals surface area contributed by atoms with Crippen molar-refractivity contribution < 1.29 is 14.3 Å². The van der Waals surface area contributed by atoms with Gasteiger partial charge in [-0.2, -0.15) is 0 Å². The van der Waals surface area contributed by atoms with Gasteiger partial charge in [0.15, 0.2) is 0 Å². The van der Waals surface area contributed by atoms with E-state index in [1.165, 1.54) is 0 Å². The van der Waals surface area contributed by atoms with Crippen molar-refractivity contribution in [3.8, 4) is 5.75 Å². The molecule has 1 aromatic carbocycles. The number of benzene rings is 1. The van der Waals surface area contributed by atoms with Gasteiger partial charge in [0.2, 0.25) is 5.91 Å². The minimum Gasteiger partial charge on any atom is -0.494 e. The molecule has 1 saturated carbocycles. The van der Waals surface area contributed by atoms with E-state index in [2.05, 4.69) is 10.6 Å². The molecule has 0 spiro atoms. The second-order valence-electron chi connectivity index (χ2n) is 6.43. The molecule has 1 heterocycles. The number of carbonyl (C=O) groups excluding carboxylic acids is 2. The Hall–Kier alpha value is -2.24. The number of rotatable bonds is 5. The molecule has 0 bridgehead atoms. The molecule has 2 fully saturated rings. The number of amides is 3. The third-order valence-corrected chi connectivity index (χ3v) is 4.49. The van der Waals surface area contributed by atoms with Crippen LogP contribution in [0.4, 0.5) is 10.5 Å². The molecule has 0 unspecified atom stereocenters. The van der Waals surface area contributed by atoms with Gasteiger partial charge in [0.25, 0.3) is 0 Å². The lowest BCUT2D eigenvalue weighted by molar-refractivity contribution is -0.121. The average molecular weight is 331 g/mol. The molecule has 1 aliphatic carbocycles. The van der Waals surface area contributed by atoms with Crippen molar-refractivity contribution in [2.45, 2.75) is 38.6 Å². The summed E-state index contributed by atoms with van der Waals surface area (Å²) in [5, 5.41) is 5.95. The van der Waals surface area contributed by atoms with Crippen molar-refractivity contribution >= 4 is 17.6 Å². The van der Waals surface area contributed by atoms with Crippen LogP contribution in [-0.2, 0) is 4.79 Å². The molecule has 130 valence electrons. The van der Waals surface area contributed by atoms with Crippen LogP contribution in [0, 0.1) is 5.92 Å². The molecule has 24 heavy (non-hydrogen) atoms. The summed E-state index contributed by atoms with van der Waals surface area (Å²) in [6.07, 6.45) is 3.60. The molecule has 3 amide bonds. The molecule has 3 rings (SSSR count). The molecule has 0 atom stereocenters. The van der Waals surface area contributed by atoms with E-state index in [9.17, 15) is 9.59 Å². The normalized spacial score (nSPS) is 18.1. The van der Waals surface area contributed by atoms with E-state index in [4.69, 9.17) is 4.74 Å². The fourth-order valence-corrected chi connectivity index (χ4v) is 2.88. The quantitative estimate of drug-likeness (QED) is 0.871. The Morgan fingerprint density at radius 2 is 1.79 bits per heavy atom. The van der Waals surface area contributed by atoms with Crippen molar-refractivity contribution in [1.29, 1.82) is 0 Å². The van der Waals surface area contributed by atoms with Crippen LogP contribution in [0.15, 0.2) is 24.3 Å². The molecule has 1 aliphatic heterocycles. The summed E-state index contributed by atoms with van der Waals surface area (Å²) < 4.78 is 5.39. The highest BCUT2D eigenvalue weighted by atomic mass is 16.5. The minimum atomic E-state index is -0.0402. The number of likely N-dealkylation sites (tertiary alicyclic amines) is 1. The second-order valence-corrected chi connectivity index (χ2v) is 6.43. The Balaban J connectivity index is 1.45. The molecule has 1 aromatic rings. The van der Waals surface area contributed by atoms with Crippen LogP contribution in [0.3, 0.4) is 0 Å². The molecule has 2 N–H and O–H groups in total. The van der Waals surface area contributed by atoms with Crippen molar-refractivity contribution in [2.75, 3.05) is 25.0 Å². The molecule has 2 aliphatic rings. The van der Waals surface area contributed by atoms with Gasteiger partial charge in [-0.05, 0) is 56.9 Å². The topological polar surface area (TPSA) is 70.7 Å². The van der Waals surface area contributed by atoms with Crippen LogP contribution in [0.5, 0.6) is 5.75 Å². The smallest absolute Gasteiger partial charge is 0.317 e. The van der Waals surface area contributed by atoms with Gasteiger partial charge in [0.05, 0.1) is 6.61 Å². The first-order valence-electron chi connectivity index (χ1n) is 8.75. The molecule has 0 aromatic heterocycles. The SMILES string of the molecule is CCOc1ccc(NC(=O)C2CCN(C(=O)NC3CC3)CC2)cc1. The van der Waals surface area contributed by atoms with Crippen LogP contribution in [-0.4, -0.2) is 42.6 Å². The number of hydrogen-bond donors (Lipinski definition) is 2. The third kappa shape index (κ3) is 4.40. The number of nitrogens with zero attached hydrogens (tertiary/aromatic N) is 1. The van der Waals surface area contributed by atoms with Crippen molar-refractivity contribution in [1.82, 2.24) is 10.2 Å². The van der Waals surface area contributed by atoms with Gasteiger partial charge in [-0.1, -0.05) is 0 Å². The Morgan fingerprint density at radius 1 is 1.12 bits per heavy atom. The van der Waals surface area contributed by atoms with Crippen molar-refractivity contribution in [2.24, 2.45) is 5.92 Å². The Labute approximate surface area is 142 Å². The zero-order chi connectivity index (χ0) is 16.9. The van der Waals surface area contributed by atoms with Gasteiger partial charge in [-0.3, -0.25) is 4.79 Å². The maximum Gasteiger partial charge on any atom is 0.317 e. The zero-order valence-corrected chi connectivity index (χ0v) is 14.1. The predicted octanol–water partition coefficient (Wildman–Crippen LogP) is 2.61. The van der Waals surface area contributed by atoms with Crippen LogP contribution in [0.1, 0.15) is 32.6 Å². The van der Waals surface area contributed by atoms with E-state index in [0.717, 1.165) is 24.3 Å². The number of anilines is 1. The lowest BCUT2D eigenvalue weighted by Crippen LogP contribution is -2.46. The summed E-state index contributed by atoms with van der Waals surface area (Å²) in [5.74, 6) is 0.786. The Kier molecular flexibility index (Phi) is 5.23. The van der Waals surface area contributed by atoms with E-state index < -0.39 is 0 Å². The standard InChI is InChI=1S/C18H25N3O3/c1-2-24-16-7-5-14(6-8-16)19-17(22)13-9-11-21(12-10-13)18(23)20-15-3-4-15/h5-8,13,15H,2-4,9-12H2,1H3,(H,19,22)(H,20,23). The van der Waals surface area contributed by atoms with Gasteiger partial charge < -0.3 is 20.3 Å².